The Morgan fingerprint density at radius 2 is 2.24 bits per heavy atom. The highest BCUT2D eigenvalue weighted by atomic mass is 16.5. The zero-order chi connectivity index (χ0) is 13.0. The van der Waals surface area contributed by atoms with Crippen LogP contribution in [-0.4, -0.2) is 43.1 Å². The number of nitrogens with two attached hydrogens (primary N) is 1. The quantitative estimate of drug-likeness (QED) is 0.768. The summed E-state index contributed by atoms with van der Waals surface area (Å²) in [4.78, 5) is 25.0. The van der Waals surface area contributed by atoms with Gasteiger partial charge in [0.05, 0.1) is 12.8 Å². The number of anilines is 1. The number of aryl methyl sites for hydroxylation is 1. The lowest BCUT2D eigenvalue weighted by Gasteiger charge is -2.16. The predicted octanol–water partition coefficient (Wildman–Crippen LogP) is -0.116. The van der Waals surface area contributed by atoms with Crippen molar-refractivity contribution in [3.8, 4) is 0 Å². The van der Waals surface area contributed by atoms with E-state index in [0.29, 0.717) is 24.5 Å². The van der Waals surface area contributed by atoms with Crippen LogP contribution in [0.4, 0.5) is 10.5 Å². The molecule has 1 rings (SSSR count). The average Bonchev–Trinajstić information content (AvgIpc) is 2.61. The Labute approximate surface area is 99.1 Å². The molecule has 1 aromatic heterocycles. The van der Waals surface area contributed by atoms with E-state index in [0.717, 1.165) is 11.1 Å². The highest BCUT2D eigenvalue weighted by Crippen LogP contribution is 2.11. The number of H-pyrrole nitrogens is 1. The zero-order valence-electron chi connectivity index (χ0n) is 10.3. The molecule has 0 unspecified atom stereocenters. The van der Waals surface area contributed by atoms with Gasteiger partial charge in [-0.3, -0.25) is 9.89 Å². The fraction of sp³-hybridized carbons (Fsp3) is 0.600. The van der Waals surface area contributed by atoms with Gasteiger partial charge in [-0.25, -0.2) is 4.79 Å². The third-order valence-corrected chi connectivity index (χ3v) is 2.48. The summed E-state index contributed by atoms with van der Waals surface area (Å²) < 4.78 is 5.35. The number of aromatic nitrogens is 2. The molecule has 0 aromatic carbocycles. The van der Waals surface area contributed by atoms with Gasteiger partial charge in [0, 0.05) is 13.6 Å². The zero-order valence-corrected chi connectivity index (χ0v) is 10.3. The molecule has 0 atom stereocenters. The number of hydrogen-bond acceptors (Lipinski definition) is 5. The first kappa shape index (κ1) is 13.3. The summed E-state index contributed by atoms with van der Waals surface area (Å²) in [6, 6.07) is 0. The summed E-state index contributed by atoms with van der Waals surface area (Å²) in [5, 5.41) is 2.68. The molecule has 17 heavy (non-hydrogen) atoms. The first-order valence-corrected chi connectivity index (χ1v) is 5.34. The Bertz CT molecular complexity index is 449. The Hall–Kier alpha value is -1.76. The minimum absolute atomic E-state index is 0.408. The van der Waals surface area contributed by atoms with E-state index in [1.54, 1.807) is 18.9 Å². The van der Waals surface area contributed by atoms with E-state index in [4.69, 9.17) is 5.73 Å². The maximum Gasteiger partial charge on any atom is 0.436 e. The SMILES string of the molecule is COC(=O)n1[nH]c(C)c(N(C)CCCN)c1=O. The van der Waals surface area contributed by atoms with Crippen LogP contribution in [0.3, 0.4) is 0 Å². The van der Waals surface area contributed by atoms with Crippen LogP contribution in [-0.2, 0) is 4.74 Å². The Kier molecular flexibility index (Phi) is 4.33. The number of methoxy groups -OCH3 is 1. The molecular weight excluding hydrogens is 224 g/mol. The van der Waals surface area contributed by atoms with Gasteiger partial charge in [-0.1, -0.05) is 0 Å². The number of carbonyl (C=O) groups excluding carboxylic acids is 1. The van der Waals surface area contributed by atoms with E-state index in [9.17, 15) is 9.59 Å². The topological polar surface area (TPSA) is 93.3 Å². The van der Waals surface area contributed by atoms with Crippen LogP contribution in [0.15, 0.2) is 4.79 Å². The number of hydrogen-bond donors (Lipinski definition) is 2. The first-order chi connectivity index (χ1) is 8.02. The second-order valence-electron chi connectivity index (χ2n) is 3.76. The molecule has 0 aliphatic carbocycles. The highest BCUT2D eigenvalue weighted by Gasteiger charge is 2.18. The van der Waals surface area contributed by atoms with Gasteiger partial charge in [0.1, 0.15) is 5.69 Å². The van der Waals surface area contributed by atoms with Gasteiger partial charge in [-0.15, -0.1) is 4.68 Å². The third-order valence-electron chi connectivity index (χ3n) is 2.48. The van der Waals surface area contributed by atoms with Crippen LogP contribution in [0.5, 0.6) is 0 Å². The minimum atomic E-state index is -0.725. The maximum atomic E-state index is 12.0. The van der Waals surface area contributed by atoms with E-state index in [-0.39, 0.29) is 0 Å². The van der Waals surface area contributed by atoms with Crippen molar-refractivity contribution in [1.82, 2.24) is 9.78 Å². The number of aromatic amines is 1. The monoisotopic (exact) mass is 242 g/mol. The normalized spacial score (nSPS) is 10.4. The van der Waals surface area contributed by atoms with Crippen LogP contribution >= 0.6 is 0 Å². The fourth-order valence-corrected chi connectivity index (χ4v) is 1.65. The molecule has 0 aliphatic heterocycles. The fourth-order valence-electron chi connectivity index (χ4n) is 1.65. The van der Waals surface area contributed by atoms with Gasteiger partial charge in [-0.05, 0) is 19.9 Å². The van der Waals surface area contributed by atoms with Crippen molar-refractivity contribution in [2.24, 2.45) is 5.73 Å². The molecule has 0 fully saturated rings. The van der Waals surface area contributed by atoms with Crippen molar-refractivity contribution in [2.75, 3.05) is 32.1 Å². The second-order valence-corrected chi connectivity index (χ2v) is 3.76. The lowest BCUT2D eigenvalue weighted by atomic mass is 10.3. The molecule has 1 heterocycles. The smallest absolute Gasteiger partial charge is 0.436 e. The van der Waals surface area contributed by atoms with Crippen molar-refractivity contribution in [3.63, 3.8) is 0 Å². The van der Waals surface area contributed by atoms with Crippen molar-refractivity contribution in [3.05, 3.63) is 16.0 Å². The molecule has 0 bridgehead atoms. The summed E-state index contributed by atoms with van der Waals surface area (Å²) in [5.41, 5.74) is 6.09. The molecule has 3 N–H and O–H groups in total. The number of ether oxygens (including phenoxy) is 1. The number of nitrogens with zero attached hydrogens (tertiary/aromatic N) is 2. The second kappa shape index (κ2) is 5.53. The van der Waals surface area contributed by atoms with E-state index in [1.165, 1.54) is 7.11 Å². The van der Waals surface area contributed by atoms with Crippen LogP contribution in [0.2, 0.25) is 0 Å². The summed E-state index contributed by atoms with van der Waals surface area (Å²) >= 11 is 0. The summed E-state index contributed by atoms with van der Waals surface area (Å²) in [6.45, 7) is 2.94. The van der Waals surface area contributed by atoms with Gasteiger partial charge in [-0.2, -0.15) is 0 Å². The predicted molar refractivity (Wildman–Crippen MR) is 64.5 cm³/mol. The third kappa shape index (κ3) is 2.68. The van der Waals surface area contributed by atoms with Crippen molar-refractivity contribution in [1.29, 1.82) is 0 Å². The number of nitrogens with one attached hydrogen (secondary N) is 1. The molecule has 0 saturated carbocycles. The summed E-state index contributed by atoms with van der Waals surface area (Å²) in [6.07, 6.45) is 0.0512. The lowest BCUT2D eigenvalue weighted by molar-refractivity contribution is 0.168. The molecule has 7 heteroatoms. The van der Waals surface area contributed by atoms with Gasteiger partial charge in [0.15, 0.2) is 0 Å². The molecule has 0 spiro atoms. The van der Waals surface area contributed by atoms with Crippen molar-refractivity contribution in [2.45, 2.75) is 13.3 Å². The van der Waals surface area contributed by atoms with Gasteiger partial charge >= 0.3 is 6.09 Å². The summed E-state index contributed by atoms with van der Waals surface area (Å²) in [7, 11) is 3.01. The molecular formula is C10H18N4O3. The number of rotatable bonds is 4. The molecule has 0 radical (unpaired) electrons. The molecule has 96 valence electrons. The lowest BCUT2D eigenvalue weighted by Crippen LogP contribution is -2.30. The van der Waals surface area contributed by atoms with E-state index in [2.05, 4.69) is 9.84 Å². The summed E-state index contributed by atoms with van der Waals surface area (Å²) in [5.74, 6) is 0. The van der Waals surface area contributed by atoms with E-state index >= 15 is 0 Å². The molecule has 0 saturated heterocycles. The van der Waals surface area contributed by atoms with E-state index < -0.39 is 11.7 Å². The Morgan fingerprint density at radius 1 is 1.59 bits per heavy atom. The van der Waals surface area contributed by atoms with Crippen LogP contribution < -0.4 is 16.2 Å². The van der Waals surface area contributed by atoms with Gasteiger partial charge in [0.25, 0.3) is 5.56 Å². The van der Waals surface area contributed by atoms with E-state index in [1.807, 2.05) is 0 Å². The molecule has 0 aliphatic rings. The molecule has 7 nitrogen and oxygen atoms in total. The Morgan fingerprint density at radius 3 is 2.76 bits per heavy atom. The maximum absolute atomic E-state index is 12.0. The van der Waals surface area contributed by atoms with Crippen LogP contribution in [0.1, 0.15) is 12.1 Å². The first-order valence-electron chi connectivity index (χ1n) is 5.34. The van der Waals surface area contributed by atoms with Gasteiger partial charge < -0.3 is 15.4 Å². The van der Waals surface area contributed by atoms with Gasteiger partial charge in [0.2, 0.25) is 0 Å². The Balaban J connectivity index is 3.05. The molecule has 1 aromatic rings. The molecule has 0 amide bonds. The number of carbonyl (C=O) groups is 1. The van der Waals surface area contributed by atoms with Crippen LogP contribution in [0, 0.1) is 6.92 Å². The van der Waals surface area contributed by atoms with Crippen molar-refractivity contribution < 1.29 is 9.53 Å². The standard InChI is InChI=1S/C10H18N4O3/c1-7-8(13(2)6-4-5-11)9(15)14(12-7)10(16)17-3/h12H,4-6,11H2,1-3H3. The van der Waals surface area contributed by atoms with Crippen LogP contribution in [0.25, 0.3) is 0 Å². The average molecular weight is 242 g/mol. The largest absolute Gasteiger partial charge is 0.451 e. The minimum Gasteiger partial charge on any atom is -0.451 e. The van der Waals surface area contributed by atoms with Crippen molar-refractivity contribution >= 4 is 11.8 Å². The highest BCUT2D eigenvalue weighted by molar-refractivity contribution is 5.71.